The van der Waals surface area contributed by atoms with Crippen LogP contribution in [0.2, 0.25) is 0 Å². The van der Waals surface area contributed by atoms with E-state index < -0.39 is 11.6 Å². The molecule has 0 radical (unpaired) electrons. The largest absolute Gasteiger partial charge is 0.347 e. The fourth-order valence-corrected chi connectivity index (χ4v) is 5.09. The highest BCUT2D eigenvalue weighted by molar-refractivity contribution is 5.95. The Balaban J connectivity index is 1.21. The second kappa shape index (κ2) is 8.19. The molecule has 4 nitrogen and oxygen atoms in total. The Hall–Kier alpha value is -2.96. The lowest BCUT2D eigenvalue weighted by Gasteiger charge is -2.32. The summed E-state index contributed by atoms with van der Waals surface area (Å²) in [5.41, 5.74) is 1.67. The standard InChI is InChI=1S/C25H24F3N3O/c26-18-6-8-23-19(12-18)20(14-29-31-23)16-3-1-15(2-4-16)13-25(9-10-25)30-24(32)17-5-7-21(27)22(28)11-17/h5-8,11-12,14-16H,1-4,9-10,13H2,(H,30,32)/t15-,16+. The van der Waals surface area contributed by atoms with Gasteiger partial charge in [-0.05, 0) is 98.7 Å². The van der Waals surface area contributed by atoms with E-state index in [0.717, 1.165) is 68.0 Å². The van der Waals surface area contributed by atoms with Crippen molar-refractivity contribution in [1.82, 2.24) is 15.5 Å². The van der Waals surface area contributed by atoms with Gasteiger partial charge in [-0.15, -0.1) is 0 Å². The van der Waals surface area contributed by atoms with Crippen LogP contribution in [0.1, 0.15) is 66.8 Å². The lowest BCUT2D eigenvalue weighted by atomic mass is 9.76. The summed E-state index contributed by atoms with van der Waals surface area (Å²) in [6, 6.07) is 7.85. The van der Waals surface area contributed by atoms with Crippen LogP contribution in [-0.4, -0.2) is 21.6 Å². The van der Waals surface area contributed by atoms with E-state index >= 15 is 0 Å². The van der Waals surface area contributed by atoms with E-state index in [1.165, 1.54) is 12.1 Å². The molecule has 0 aliphatic heterocycles. The SMILES string of the molecule is O=C(NC1(C[C@H]2CC[C@@H](c3cnnc4ccc(F)cc43)CC2)CC1)c1ccc(F)c(F)c1. The summed E-state index contributed by atoms with van der Waals surface area (Å²) < 4.78 is 40.4. The Kier molecular flexibility index (Phi) is 5.35. The number of carbonyl (C=O) groups excluding carboxylic acids is 1. The number of hydrogen-bond donors (Lipinski definition) is 1. The van der Waals surface area contributed by atoms with Gasteiger partial charge >= 0.3 is 0 Å². The molecule has 1 amide bonds. The number of nitrogens with zero attached hydrogens (tertiary/aromatic N) is 2. The zero-order valence-electron chi connectivity index (χ0n) is 17.6. The highest BCUT2D eigenvalue weighted by Gasteiger charge is 2.46. The zero-order chi connectivity index (χ0) is 22.3. The molecular formula is C25H24F3N3O. The summed E-state index contributed by atoms with van der Waals surface area (Å²) >= 11 is 0. The van der Waals surface area contributed by atoms with E-state index in [4.69, 9.17) is 0 Å². The minimum absolute atomic E-state index is 0.142. The molecule has 0 bridgehead atoms. The summed E-state index contributed by atoms with van der Waals surface area (Å²) in [5, 5.41) is 12.1. The molecule has 1 N–H and O–H groups in total. The Bertz CT molecular complexity index is 1170. The first-order valence-corrected chi connectivity index (χ1v) is 11.1. The van der Waals surface area contributed by atoms with Crippen LogP contribution in [0.25, 0.3) is 10.9 Å². The van der Waals surface area contributed by atoms with E-state index in [-0.39, 0.29) is 22.8 Å². The van der Waals surface area contributed by atoms with Crippen LogP contribution >= 0.6 is 0 Å². The lowest BCUT2D eigenvalue weighted by molar-refractivity contribution is 0.0920. The molecule has 0 unspecified atom stereocenters. The summed E-state index contributed by atoms with van der Waals surface area (Å²) in [5.74, 6) is -1.80. The first-order chi connectivity index (χ1) is 15.4. The Morgan fingerprint density at radius 3 is 2.50 bits per heavy atom. The van der Waals surface area contributed by atoms with E-state index in [1.807, 2.05) is 0 Å². The molecule has 1 aromatic heterocycles. The van der Waals surface area contributed by atoms with Crippen molar-refractivity contribution in [1.29, 1.82) is 0 Å². The highest BCUT2D eigenvalue weighted by Crippen LogP contribution is 2.47. The molecule has 2 aliphatic carbocycles. The Morgan fingerprint density at radius 1 is 1.00 bits per heavy atom. The maximum atomic E-state index is 13.8. The minimum Gasteiger partial charge on any atom is -0.347 e. The molecule has 5 rings (SSSR count). The van der Waals surface area contributed by atoms with Crippen molar-refractivity contribution in [3.8, 4) is 0 Å². The monoisotopic (exact) mass is 439 g/mol. The number of carbonyl (C=O) groups is 1. The molecule has 1 heterocycles. The van der Waals surface area contributed by atoms with Crippen molar-refractivity contribution in [3.63, 3.8) is 0 Å². The van der Waals surface area contributed by atoms with Gasteiger partial charge in [0.1, 0.15) is 5.82 Å². The summed E-state index contributed by atoms with van der Waals surface area (Å²) in [6.45, 7) is 0. The van der Waals surface area contributed by atoms with Crippen LogP contribution in [0.3, 0.4) is 0 Å². The van der Waals surface area contributed by atoms with Crippen LogP contribution < -0.4 is 5.32 Å². The number of amides is 1. The molecule has 2 fully saturated rings. The molecule has 2 aliphatic rings. The van der Waals surface area contributed by atoms with Crippen LogP contribution in [0.4, 0.5) is 13.2 Å². The fraction of sp³-hybridized carbons (Fsp3) is 0.400. The van der Waals surface area contributed by atoms with Gasteiger partial charge in [0.15, 0.2) is 11.6 Å². The molecule has 7 heteroatoms. The summed E-state index contributed by atoms with van der Waals surface area (Å²) in [6.07, 6.45) is 8.46. The lowest BCUT2D eigenvalue weighted by Crippen LogP contribution is -2.39. The highest BCUT2D eigenvalue weighted by atomic mass is 19.2. The number of benzene rings is 2. The fourth-order valence-electron chi connectivity index (χ4n) is 5.09. The van der Waals surface area contributed by atoms with Crippen LogP contribution in [-0.2, 0) is 0 Å². The van der Waals surface area contributed by atoms with Gasteiger partial charge in [0.25, 0.3) is 5.91 Å². The summed E-state index contributed by atoms with van der Waals surface area (Å²) in [7, 11) is 0. The first kappa shape index (κ1) is 20.9. The molecule has 32 heavy (non-hydrogen) atoms. The first-order valence-electron chi connectivity index (χ1n) is 11.1. The molecule has 2 saturated carbocycles. The maximum absolute atomic E-state index is 13.8. The number of nitrogens with one attached hydrogen (secondary N) is 1. The van der Waals surface area contributed by atoms with Crippen LogP contribution in [0.15, 0.2) is 42.6 Å². The molecule has 0 saturated heterocycles. The smallest absolute Gasteiger partial charge is 0.251 e. The van der Waals surface area contributed by atoms with Crippen molar-refractivity contribution in [3.05, 3.63) is 71.2 Å². The van der Waals surface area contributed by atoms with E-state index in [2.05, 4.69) is 15.5 Å². The molecule has 2 aromatic carbocycles. The number of fused-ring (bicyclic) bond motifs is 1. The van der Waals surface area contributed by atoms with Gasteiger partial charge in [0, 0.05) is 16.5 Å². The quantitative estimate of drug-likeness (QED) is 0.557. The van der Waals surface area contributed by atoms with Gasteiger partial charge in [0.2, 0.25) is 0 Å². The van der Waals surface area contributed by atoms with Crippen molar-refractivity contribution >= 4 is 16.8 Å². The Morgan fingerprint density at radius 2 is 1.78 bits per heavy atom. The van der Waals surface area contributed by atoms with Gasteiger partial charge in [-0.2, -0.15) is 10.2 Å². The Labute approximate surface area is 184 Å². The third kappa shape index (κ3) is 4.20. The van der Waals surface area contributed by atoms with Gasteiger partial charge < -0.3 is 5.32 Å². The van der Waals surface area contributed by atoms with Gasteiger partial charge in [-0.25, -0.2) is 13.2 Å². The number of aromatic nitrogens is 2. The average Bonchev–Trinajstić information content (AvgIpc) is 3.54. The number of rotatable bonds is 5. The third-order valence-electron chi connectivity index (χ3n) is 7.01. The van der Waals surface area contributed by atoms with Crippen molar-refractivity contribution in [2.24, 2.45) is 5.92 Å². The average molecular weight is 439 g/mol. The van der Waals surface area contributed by atoms with E-state index in [9.17, 15) is 18.0 Å². The normalized spacial score (nSPS) is 22.0. The third-order valence-corrected chi connectivity index (χ3v) is 7.01. The second-order valence-corrected chi connectivity index (χ2v) is 9.25. The number of hydrogen-bond acceptors (Lipinski definition) is 3. The van der Waals surface area contributed by atoms with Crippen LogP contribution in [0.5, 0.6) is 0 Å². The second-order valence-electron chi connectivity index (χ2n) is 9.25. The molecule has 166 valence electrons. The zero-order valence-corrected chi connectivity index (χ0v) is 17.6. The van der Waals surface area contributed by atoms with Crippen molar-refractivity contribution < 1.29 is 18.0 Å². The van der Waals surface area contributed by atoms with Gasteiger partial charge in [-0.1, -0.05) is 0 Å². The van der Waals surface area contributed by atoms with Crippen LogP contribution in [0, 0.1) is 23.4 Å². The van der Waals surface area contributed by atoms with E-state index in [1.54, 1.807) is 18.3 Å². The topological polar surface area (TPSA) is 54.9 Å². The molecule has 0 atom stereocenters. The molecule has 3 aromatic rings. The predicted octanol–water partition coefficient (Wildman–Crippen LogP) is 5.67. The van der Waals surface area contributed by atoms with Gasteiger partial charge in [-0.3, -0.25) is 4.79 Å². The van der Waals surface area contributed by atoms with E-state index in [0.29, 0.717) is 17.4 Å². The van der Waals surface area contributed by atoms with Gasteiger partial charge in [0.05, 0.1) is 11.7 Å². The minimum atomic E-state index is -1.01. The molecular weight excluding hydrogens is 415 g/mol. The number of halogens is 3. The summed E-state index contributed by atoms with van der Waals surface area (Å²) in [4.78, 5) is 12.6. The van der Waals surface area contributed by atoms with Crippen molar-refractivity contribution in [2.45, 2.75) is 56.4 Å². The predicted molar refractivity (Wildman–Crippen MR) is 115 cm³/mol. The van der Waals surface area contributed by atoms with Crippen molar-refractivity contribution in [2.75, 3.05) is 0 Å². The molecule has 0 spiro atoms. The maximum Gasteiger partial charge on any atom is 0.251 e.